The summed E-state index contributed by atoms with van der Waals surface area (Å²) in [6, 6.07) is 25.2. The molecule has 3 aromatic carbocycles. The average Bonchev–Trinajstić information content (AvgIpc) is 3.61. The second-order valence-corrected chi connectivity index (χ2v) is 14.7. The first-order valence-electron chi connectivity index (χ1n) is 15.6. The summed E-state index contributed by atoms with van der Waals surface area (Å²) >= 11 is 2.17. The van der Waals surface area contributed by atoms with Gasteiger partial charge in [-0.25, -0.2) is 9.97 Å². The smallest absolute Gasteiger partial charge is 0.293 e. The Hall–Kier alpha value is -5.21. The number of benzene rings is 3. The van der Waals surface area contributed by atoms with E-state index >= 15 is 0 Å². The highest BCUT2D eigenvalue weighted by molar-refractivity contribution is 8.27. The average molecular weight is 747 g/mol. The van der Waals surface area contributed by atoms with Crippen LogP contribution in [0.1, 0.15) is 48.7 Å². The Labute approximate surface area is 303 Å². The van der Waals surface area contributed by atoms with Crippen molar-refractivity contribution in [1.82, 2.24) is 20.2 Å². The molecule has 6 aromatic rings. The number of halogens is 6. The summed E-state index contributed by atoms with van der Waals surface area (Å²) in [5.41, 5.74) is 2.93. The molecule has 0 aliphatic heterocycles. The third-order valence-corrected chi connectivity index (χ3v) is 9.75. The normalized spacial score (nSPS) is 12.2. The van der Waals surface area contributed by atoms with Crippen LogP contribution in [0.3, 0.4) is 0 Å². The van der Waals surface area contributed by atoms with E-state index in [1.165, 1.54) is 35.6 Å². The van der Waals surface area contributed by atoms with Crippen molar-refractivity contribution in [3.05, 3.63) is 131 Å². The Bertz CT molecular complexity index is 2270. The molecule has 0 saturated carbocycles. The molecule has 0 aliphatic rings. The van der Waals surface area contributed by atoms with Gasteiger partial charge in [0.1, 0.15) is 20.8 Å². The number of rotatable bonds is 6. The van der Waals surface area contributed by atoms with Crippen molar-refractivity contribution in [2.45, 2.75) is 38.5 Å². The summed E-state index contributed by atoms with van der Waals surface area (Å²) in [6.07, 6.45) is -8.90. The lowest BCUT2D eigenvalue weighted by atomic mass is 9.85. The molecular formula is C38H28F6N6S2. The monoisotopic (exact) mass is 746 g/mol. The summed E-state index contributed by atoms with van der Waals surface area (Å²) in [4.78, 5) is 9.11. The number of hydrogen-bond donors (Lipinski definition) is 2. The lowest BCUT2D eigenvalue weighted by Gasteiger charge is -2.21. The van der Waals surface area contributed by atoms with E-state index in [9.17, 15) is 26.3 Å². The molecule has 0 atom stereocenters. The second kappa shape index (κ2) is 14.1. The number of aromatic nitrogens is 4. The summed E-state index contributed by atoms with van der Waals surface area (Å²) < 4.78 is 78.3. The molecule has 6 nitrogen and oxygen atoms in total. The van der Waals surface area contributed by atoms with E-state index in [-0.39, 0.29) is 21.2 Å². The van der Waals surface area contributed by atoms with Crippen LogP contribution >= 0.6 is 23.1 Å². The summed E-state index contributed by atoms with van der Waals surface area (Å²) in [6.45, 7) is 6.11. The second-order valence-electron chi connectivity index (χ2n) is 12.7. The van der Waals surface area contributed by atoms with Gasteiger partial charge in [-0.3, -0.25) is 10.8 Å². The molecule has 0 saturated heterocycles. The van der Waals surface area contributed by atoms with E-state index in [4.69, 9.17) is 10.8 Å². The Kier molecular flexibility index (Phi) is 9.90. The molecule has 0 radical (unpaired) electrons. The Morgan fingerprint density at radius 3 is 1.63 bits per heavy atom. The van der Waals surface area contributed by atoms with E-state index in [1.807, 2.05) is 32.9 Å². The predicted molar refractivity (Wildman–Crippen MR) is 194 cm³/mol. The van der Waals surface area contributed by atoms with Crippen LogP contribution in [0.15, 0.2) is 103 Å². The first-order chi connectivity index (χ1) is 24.5. The number of thioether (sulfide) groups is 1. The summed E-state index contributed by atoms with van der Waals surface area (Å²) in [7, 11) is 0. The van der Waals surface area contributed by atoms with Crippen LogP contribution in [0.25, 0.3) is 43.8 Å². The van der Waals surface area contributed by atoms with E-state index in [2.05, 4.69) is 20.2 Å². The minimum absolute atomic E-state index is 0.0151. The highest BCUT2D eigenvalue weighted by Crippen LogP contribution is 2.36. The van der Waals surface area contributed by atoms with Crippen LogP contribution < -0.4 is 0 Å². The van der Waals surface area contributed by atoms with Gasteiger partial charge in [-0.15, -0.1) is 10.2 Å². The van der Waals surface area contributed by atoms with Crippen molar-refractivity contribution >= 4 is 33.2 Å². The Balaban J connectivity index is 1.24. The van der Waals surface area contributed by atoms with Gasteiger partial charge in [-0.05, 0) is 89.5 Å². The van der Waals surface area contributed by atoms with Crippen LogP contribution in [-0.2, 0) is 17.8 Å². The summed E-state index contributed by atoms with van der Waals surface area (Å²) in [5, 5.41) is 27.5. The van der Waals surface area contributed by atoms with Crippen LogP contribution in [-0.4, -0.2) is 30.3 Å². The number of nitrogens with one attached hydrogen (secondary N) is 2. The molecule has 0 fully saturated rings. The Morgan fingerprint density at radius 1 is 0.558 bits per heavy atom. The highest BCUT2D eigenvalue weighted by Gasteiger charge is 2.31. The maximum absolute atomic E-state index is 13.1. The highest BCUT2D eigenvalue weighted by atomic mass is 32.2. The molecule has 6 rings (SSSR count). The van der Waals surface area contributed by atoms with E-state index in [0.717, 1.165) is 41.6 Å². The van der Waals surface area contributed by atoms with Gasteiger partial charge in [0.25, 0.3) is 0 Å². The fraction of sp³-hybridized carbons (Fsp3) is 0.158. The molecular weight excluding hydrogens is 719 g/mol. The molecule has 3 heterocycles. The lowest BCUT2D eigenvalue weighted by Crippen LogP contribution is -2.13. The first kappa shape index (κ1) is 36.6. The maximum Gasteiger partial charge on any atom is 0.416 e. The van der Waals surface area contributed by atoms with Crippen molar-refractivity contribution in [3.63, 3.8) is 0 Å². The first-order valence-corrected chi connectivity index (χ1v) is 17.2. The van der Waals surface area contributed by atoms with Gasteiger partial charge < -0.3 is 0 Å². The molecule has 52 heavy (non-hydrogen) atoms. The van der Waals surface area contributed by atoms with Gasteiger partial charge in [0.2, 0.25) is 0 Å². The van der Waals surface area contributed by atoms with Gasteiger partial charge in [0.05, 0.1) is 28.2 Å². The van der Waals surface area contributed by atoms with E-state index in [0.29, 0.717) is 49.4 Å². The van der Waals surface area contributed by atoms with Crippen molar-refractivity contribution < 1.29 is 26.3 Å². The fourth-order valence-electron chi connectivity index (χ4n) is 5.07. The van der Waals surface area contributed by atoms with Gasteiger partial charge in [-0.2, -0.15) is 26.3 Å². The molecule has 2 N–H and O–H groups in total. The SMILES string of the molecule is CC(C)(C)c1cc(C(=N)SC(=N)c2cccc(-c3ccc(C(F)(F)F)cc3)n2)cc(-c2nnc(-c3cccc(-c4ccc(C(F)(F)F)cc4)n3)s2)c1. The zero-order valence-electron chi connectivity index (χ0n) is 27.7. The molecule has 0 bridgehead atoms. The molecule has 0 aliphatic carbocycles. The molecule has 0 spiro atoms. The number of pyridine rings is 2. The zero-order valence-corrected chi connectivity index (χ0v) is 29.3. The number of nitrogens with zero attached hydrogens (tertiary/aromatic N) is 4. The van der Waals surface area contributed by atoms with Crippen molar-refractivity contribution in [2.24, 2.45) is 0 Å². The van der Waals surface area contributed by atoms with E-state index in [1.54, 1.807) is 42.5 Å². The third kappa shape index (κ3) is 8.29. The molecule has 14 heteroatoms. The lowest BCUT2D eigenvalue weighted by molar-refractivity contribution is -0.138. The quantitative estimate of drug-likeness (QED) is 0.100. The topological polar surface area (TPSA) is 99.3 Å². The fourth-order valence-corrected chi connectivity index (χ4v) is 6.53. The largest absolute Gasteiger partial charge is 0.416 e. The van der Waals surface area contributed by atoms with Gasteiger partial charge in [0, 0.05) is 22.3 Å². The van der Waals surface area contributed by atoms with Crippen LogP contribution in [0.5, 0.6) is 0 Å². The number of alkyl halides is 6. The molecule has 264 valence electrons. The maximum atomic E-state index is 13.1. The zero-order chi connectivity index (χ0) is 37.4. The van der Waals surface area contributed by atoms with Crippen molar-refractivity contribution in [2.75, 3.05) is 0 Å². The third-order valence-electron chi connectivity index (χ3n) is 7.90. The Morgan fingerprint density at radius 2 is 1.08 bits per heavy atom. The van der Waals surface area contributed by atoms with Crippen molar-refractivity contribution in [1.29, 1.82) is 10.8 Å². The predicted octanol–water partition coefficient (Wildman–Crippen LogP) is 11.4. The minimum atomic E-state index is -4.46. The molecule has 3 aromatic heterocycles. The van der Waals surface area contributed by atoms with Gasteiger partial charge in [-0.1, -0.05) is 68.5 Å². The van der Waals surface area contributed by atoms with Crippen LogP contribution in [0.2, 0.25) is 0 Å². The minimum Gasteiger partial charge on any atom is -0.293 e. The standard InChI is InChI=1S/C38H28F6N6S2/c1-36(2,3)27-19-23(32(45)51-33(46)30-8-4-6-28(47-30)21-10-14-25(15-11-21)37(39,40)41)18-24(20-27)34-49-50-35(52-34)31-9-5-7-29(48-31)22-12-16-26(17-13-22)38(42,43)44/h4-20,45-46H,1-3H3. The molecule has 0 amide bonds. The van der Waals surface area contributed by atoms with Gasteiger partial charge >= 0.3 is 12.4 Å². The van der Waals surface area contributed by atoms with Gasteiger partial charge in [0.15, 0.2) is 5.01 Å². The van der Waals surface area contributed by atoms with Crippen LogP contribution in [0, 0.1) is 10.8 Å². The molecule has 0 unspecified atom stereocenters. The van der Waals surface area contributed by atoms with Crippen molar-refractivity contribution in [3.8, 4) is 43.8 Å². The van der Waals surface area contributed by atoms with E-state index < -0.39 is 23.5 Å². The number of hydrogen-bond acceptors (Lipinski definition) is 8. The summed E-state index contributed by atoms with van der Waals surface area (Å²) in [5.74, 6) is 0. The van der Waals surface area contributed by atoms with Crippen LogP contribution in [0.4, 0.5) is 26.3 Å².